The van der Waals surface area contributed by atoms with Crippen molar-refractivity contribution in [3.05, 3.63) is 48.0 Å². The van der Waals surface area contributed by atoms with Crippen LogP contribution in [0.5, 0.6) is 0 Å². The number of hydrogen-bond acceptors (Lipinski definition) is 3. The molecule has 6 heteroatoms. The molecular formula is C24H38O4P2. The van der Waals surface area contributed by atoms with Crippen LogP contribution in [-0.4, -0.2) is 28.4 Å². The molecule has 0 bridgehead atoms. The van der Waals surface area contributed by atoms with Crippen LogP contribution in [0.25, 0.3) is 0 Å². The normalized spacial score (nSPS) is 25.4. The first kappa shape index (κ1) is 25.5. The highest BCUT2D eigenvalue weighted by molar-refractivity contribution is 8.00. The van der Waals surface area contributed by atoms with Gasteiger partial charge in [-0.05, 0) is 74.7 Å². The summed E-state index contributed by atoms with van der Waals surface area (Å²) in [5.41, 5.74) is 1.36. The van der Waals surface area contributed by atoms with E-state index in [9.17, 15) is 9.90 Å². The second kappa shape index (κ2) is 14.3. The topological polar surface area (TPSA) is 66.8 Å². The van der Waals surface area contributed by atoms with E-state index in [4.69, 9.17) is 9.63 Å². The molecule has 0 radical (unpaired) electrons. The number of carbonyl (C=O) groups is 1. The summed E-state index contributed by atoms with van der Waals surface area (Å²) in [6.45, 7) is 2.27. The smallest absolute Gasteiger partial charge is 0.303 e. The summed E-state index contributed by atoms with van der Waals surface area (Å²) >= 11 is 0. The summed E-state index contributed by atoms with van der Waals surface area (Å²) in [4.78, 5) is 10.6. The minimum Gasteiger partial charge on any atom is -0.481 e. The van der Waals surface area contributed by atoms with Gasteiger partial charge in [-0.15, -0.1) is 0 Å². The van der Waals surface area contributed by atoms with Crippen molar-refractivity contribution in [3.63, 3.8) is 0 Å². The van der Waals surface area contributed by atoms with Gasteiger partial charge < -0.3 is 14.7 Å². The maximum absolute atomic E-state index is 10.6. The highest BCUT2D eigenvalue weighted by Crippen LogP contribution is 2.43. The Morgan fingerprint density at radius 1 is 1.27 bits per heavy atom. The lowest BCUT2D eigenvalue weighted by molar-refractivity contribution is -0.137. The van der Waals surface area contributed by atoms with Gasteiger partial charge in [-0.1, -0.05) is 58.3 Å². The lowest BCUT2D eigenvalue weighted by atomic mass is 9.83. The Balaban J connectivity index is 1.82. The first-order chi connectivity index (χ1) is 14.5. The quantitative estimate of drug-likeness (QED) is 0.206. The van der Waals surface area contributed by atoms with E-state index >= 15 is 0 Å². The SMILES string of the molecule is C[C@@H]1C[C@H](O)[C@H](CC=CCCCC(=O)O)[C@H]1CC[C@H](CCc1ccccc1)OPP. The number of aliphatic hydroxyl groups is 1. The van der Waals surface area contributed by atoms with Crippen molar-refractivity contribution in [3.8, 4) is 0 Å². The Kier molecular flexibility index (Phi) is 12.1. The molecule has 2 N–H and O–H groups in total. The fourth-order valence-corrected chi connectivity index (χ4v) is 5.73. The molecule has 2 rings (SSSR count). The fraction of sp³-hybridized carbons (Fsp3) is 0.625. The fourth-order valence-electron chi connectivity index (χ4n) is 4.72. The van der Waals surface area contributed by atoms with Crippen LogP contribution in [0, 0.1) is 17.8 Å². The Morgan fingerprint density at radius 2 is 2.03 bits per heavy atom. The molecule has 0 spiro atoms. The molecule has 30 heavy (non-hydrogen) atoms. The maximum Gasteiger partial charge on any atom is 0.303 e. The van der Waals surface area contributed by atoms with Crippen molar-refractivity contribution in [2.24, 2.45) is 17.8 Å². The molecule has 1 aliphatic carbocycles. The van der Waals surface area contributed by atoms with Gasteiger partial charge in [0, 0.05) is 14.9 Å². The van der Waals surface area contributed by atoms with Crippen LogP contribution >= 0.6 is 17.4 Å². The van der Waals surface area contributed by atoms with Gasteiger partial charge in [0.25, 0.3) is 0 Å². The van der Waals surface area contributed by atoms with Crippen molar-refractivity contribution in [2.45, 2.75) is 76.9 Å². The average molecular weight is 453 g/mol. The van der Waals surface area contributed by atoms with Gasteiger partial charge in [-0.2, -0.15) is 0 Å². The van der Waals surface area contributed by atoms with E-state index in [2.05, 4.69) is 58.3 Å². The van der Waals surface area contributed by atoms with Gasteiger partial charge in [0.05, 0.1) is 12.2 Å². The summed E-state index contributed by atoms with van der Waals surface area (Å²) in [5.74, 6) is 0.598. The number of carboxylic acid groups (broad SMARTS) is 1. The molecule has 0 amide bonds. The monoisotopic (exact) mass is 452 g/mol. The minimum absolute atomic E-state index is 0.219. The number of aliphatic carboxylic acids is 1. The van der Waals surface area contributed by atoms with Crippen molar-refractivity contribution in [1.82, 2.24) is 0 Å². The van der Waals surface area contributed by atoms with Crippen LogP contribution in [0.1, 0.15) is 63.9 Å². The number of allylic oxidation sites excluding steroid dienone is 2. The summed E-state index contributed by atoms with van der Waals surface area (Å²) in [6.07, 6.45) is 11.9. The average Bonchev–Trinajstić information content (AvgIpc) is 2.99. The number of hydrogen-bond donors (Lipinski definition) is 2. The van der Waals surface area contributed by atoms with Crippen molar-refractivity contribution < 1.29 is 19.5 Å². The van der Waals surface area contributed by atoms with E-state index in [1.807, 2.05) is 0 Å². The van der Waals surface area contributed by atoms with Crippen LogP contribution in [0.3, 0.4) is 0 Å². The first-order valence-corrected chi connectivity index (χ1v) is 13.9. The van der Waals surface area contributed by atoms with Gasteiger partial charge in [0.15, 0.2) is 0 Å². The van der Waals surface area contributed by atoms with Gasteiger partial charge in [-0.25, -0.2) is 0 Å². The molecular weight excluding hydrogens is 414 g/mol. The molecule has 2 unspecified atom stereocenters. The third-order valence-corrected chi connectivity index (χ3v) is 7.26. The molecule has 168 valence electrons. The Labute approximate surface area is 185 Å². The zero-order valence-corrected chi connectivity index (χ0v) is 20.2. The third kappa shape index (κ3) is 9.15. The second-order valence-corrected chi connectivity index (χ2v) is 9.74. The van der Waals surface area contributed by atoms with Gasteiger partial charge >= 0.3 is 5.97 Å². The minimum atomic E-state index is -0.737. The van der Waals surface area contributed by atoms with E-state index in [1.165, 1.54) is 5.56 Å². The number of carboxylic acids is 1. The Morgan fingerprint density at radius 3 is 2.73 bits per heavy atom. The highest BCUT2D eigenvalue weighted by atomic mass is 32.0. The van der Waals surface area contributed by atoms with Crippen molar-refractivity contribution >= 4 is 23.4 Å². The predicted molar refractivity (Wildman–Crippen MR) is 129 cm³/mol. The molecule has 1 aromatic carbocycles. The lowest BCUT2D eigenvalue weighted by Crippen LogP contribution is -2.21. The zero-order valence-electron chi connectivity index (χ0n) is 18.1. The molecule has 0 aliphatic heterocycles. The van der Waals surface area contributed by atoms with Crippen LogP contribution in [0.15, 0.2) is 42.5 Å². The van der Waals surface area contributed by atoms with E-state index in [-0.39, 0.29) is 18.6 Å². The van der Waals surface area contributed by atoms with E-state index < -0.39 is 5.97 Å². The van der Waals surface area contributed by atoms with Gasteiger partial charge in [0.1, 0.15) is 0 Å². The second-order valence-electron chi connectivity index (χ2n) is 8.56. The lowest BCUT2D eigenvalue weighted by Gasteiger charge is -2.25. The molecule has 1 aliphatic rings. The summed E-state index contributed by atoms with van der Waals surface area (Å²) < 4.78 is 6.03. The molecule has 0 heterocycles. The summed E-state index contributed by atoms with van der Waals surface area (Å²) in [6, 6.07) is 10.6. The Hall–Kier alpha value is -0.790. The summed E-state index contributed by atoms with van der Waals surface area (Å²) in [7, 11) is 3.12. The molecule has 4 nitrogen and oxygen atoms in total. The van der Waals surface area contributed by atoms with Crippen molar-refractivity contribution in [2.75, 3.05) is 0 Å². The first-order valence-electron chi connectivity index (χ1n) is 11.2. The number of rotatable bonds is 14. The van der Waals surface area contributed by atoms with Gasteiger partial charge in [0.2, 0.25) is 0 Å². The predicted octanol–water partition coefficient (Wildman–Crippen LogP) is 6.00. The van der Waals surface area contributed by atoms with Crippen LogP contribution in [-0.2, 0) is 15.7 Å². The maximum atomic E-state index is 10.6. The van der Waals surface area contributed by atoms with E-state index in [0.717, 1.165) is 44.9 Å². The molecule has 1 aromatic rings. The van der Waals surface area contributed by atoms with Crippen LogP contribution < -0.4 is 0 Å². The Bertz CT molecular complexity index is 637. The third-order valence-electron chi connectivity index (χ3n) is 6.38. The number of benzene rings is 1. The van der Waals surface area contributed by atoms with Crippen LogP contribution in [0.4, 0.5) is 0 Å². The largest absolute Gasteiger partial charge is 0.481 e. The van der Waals surface area contributed by atoms with Crippen LogP contribution in [0.2, 0.25) is 0 Å². The molecule has 0 aromatic heterocycles. The molecule has 1 saturated carbocycles. The number of aryl methyl sites for hydroxylation is 1. The standard InChI is InChI=1S/C24H38O4P2/c1-18-17-23(25)22(11-7-2-3-8-12-24(26)27)21(18)16-15-20(28-30-29)14-13-19-9-5-4-6-10-19/h2,4-7,9-10,18,20-23,25,30H,3,8,11-17,29H2,1H3,(H,26,27)/t18-,20+,21+,22-,23+/m1/s1. The number of unbranched alkanes of at least 4 members (excludes halogenated alkanes) is 1. The van der Waals surface area contributed by atoms with Crippen molar-refractivity contribution in [1.29, 1.82) is 0 Å². The zero-order chi connectivity index (χ0) is 21.8. The van der Waals surface area contributed by atoms with E-state index in [0.29, 0.717) is 32.7 Å². The molecule has 0 saturated heterocycles. The van der Waals surface area contributed by atoms with Gasteiger partial charge in [-0.3, -0.25) is 4.79 Å². The molecule has 7 atom stereocenters. The van der Waals surface area contributed by atoms with E-state index in [1.54, 1.807) is 0 Å². The highest BCUT2D eigenvalue weighted by Gasteiger charge is 2.39. The summed E-state index contributed by atoms with van der Waals surface area (Å²) in [5, 5.41) is 19.3. The molecule has 1 fully saturated rings. The number of aliphatic hydroxyl groups excluding tert-OH is 1.